The summed E-state index contributed by atoms with van der Waals surface area (Å²) in [6.45, 7) is 4.41. The fourth-order valence-electron chi connectivity index (χ4n) is 3.45. The van der Waals surface area contributed by atoms with Gasteiger partial charge in [0.25, 0.3) is 0 Å². The largest absolute Gasteiger partial charge is 0.325 e. The summed E-state index contributed by atoms with van der Waals surface area (Å²) in [5, 5.41) is 3.00. The molecule has 1 N–H and O–H groups in total. The topological polar surface area (TPSA) is 46.2 Å². The van der Waals surface area contributed by atoms with Crippen LogP contribution >= 0.6 is 23.4 Å². The number of carbonyl (C=O) groups excluding carboxylic acids is 2. The molecular weight excluding hydrogens is 354 g/mol. The number of hydrogen-bond acceptors (Lipinski definition) is 3. The molecule has 1 aliphatic carbocycles. The highest BCUT2D eigenvalue weighted by atomic mass is 35.5. The van der Waals surface area contributed by atoms with E-state index in [0.717, 1.165) is 55.2 Å². The Morgan fingerprint density at radius 1 is 1.20 bits per heavy atom. The SMILES string of the molecule is CC(C)CCC1(C(=O)Nc2ccccc2SC(=O)CCl)CCCCC1. The molecule has 0 saturated heterocycles. The van der Waals surface area contributed by atoms with Crippen LogP contribution in [0.25, 0.3) is 0 Å². The Kier molecular flexibility index (Phi) is 7.82. The molecule has 1 saturated carbocycles. The van der Waals surface area contributed by atoms with Gasteiger partial charge in [-0.3, -0.25) is 9.59 Å². The molecule has 0 unspecified atom stereocenters. The van der Waals surface area contributed by atoms with Gasteiger partial charge in [-0.1, -0.05) is 45.2 Å². The van der Waals surface area contributed by atoms with Gasteiger partial charge in [-0.25, -0.2) is 0 Å². The minimum Gasteiger partial charge on any atom is -0.325 e. The maximum absolute atomic E-state index is 13.2. The van der Waals surface area contributed by atoms with Crippen molar-refractivity contribution < 1.29 is 9.59 Å². The molecule has 1 aromatic carbocycles. The fraction of sp³-hybridized carbons (Fsp3) is 0.600. The third kappa shape index (κ3) is 5.75. The van der Waals surface area contributed by atoms with Crippen LogP contribution in [0.1, 0.15) is 58.8 Å². The van der Waals surface area contributed by atoms with E-state index in [4.69, 9.17) is 11.6 Å². The quantitative estimate of drug-likeness (QED) is 0.474. The van der Waals surface area contributed by atoms with Crippen LogP contribution in [-0.2, 0) is 9.59 Å². The highest BCUT2D eigenvalue weighted by Gasteiger charge is 2.39. The van der Waals surface area contributed by atoms with E-state index >= 15 is 0 Å². The molecule has 5 heteroatoms. The first-order valence-corrected chi connectivity index (χ1v) is 10.5. The molecule has 0 atom stereocenters. The van der Waals surface area contributed by atoms with Crippen LogP contribution in [-0.4, -0.2) is 16.9 Å². The summed E-state index contributed by atoms with van der Waals surface area (Å²) in [6, 6.07) is 7.47. The molecule has 3 nitrogen and oxygen atoms in total. The summed E-state index contributed by atoms with van der Waals surface area (Å²) in [4.78, 5) is 25.6. The number of nitrogens with one attached hydrogen (secondary N) is 1. The predicted molar refractivity (Wildman–Crippen MR) is 106 cm³/mol. The molecule has 138 valence electrons. The molecular formula is C20H28ClNO2S. The smallest absolute Gasteiger partial charge is 0.230 e. The Morgan fingerprint density at radius 2 is 1.88 bits per heavy atom. The average molecular weight is 382 g/mol. The van der Waals surface area contributed by atoms with E-state index in [0.29, 0.717) is 11.6 Å². The summed E-state index contributed by atoms with van der Waals surface area (Å²) in [6.07, 6.45) is 7.37. The molecule has 0 aliphatic heterocycles. The Hall–Kier alpha value is -1.00. The lowest BCUT2D eigenvalue weighted by Gasteiger charge is -2.36. The molecule has 25 heavy (non-hydrogen) atoms. The third-order valence-corrected chi connectivity index (χ3v) is 6.31. The van der Waals surface area contributed by atoms with Gasteiger partial charge in [0.05, 0.1) is 11.6 Å². The van der Waals surface area contributed by atoms with E-state index in [-0.39, 0.29) is 22.3 Å². The summed E-state index contributed by atoms with van der Waals surface area (Å²) in [5.41, 5.74) is 0.446. The Balaban J connectivity index is 2.16. The maximum Gasteiger partial charge on any atom is 0.230 e. The zero-order valence-electron chi connectivity index (χ0n) is 15.1. The first-order valence-electron chi connectivity index (χ1n) is 9.14. The van der Waals surface area contributed by atoms with Crippen LogP contribution in [0.4, 0.5) is 5.69 Å². The highest BCUT2D eigenvalue weighted by Crippen LogP contribution is 2.42. The Bertz CT molecular complexity index is 597. The van der Waals surface area contributed by atoms with Gasteiger partial charge < -0.3 is 5.32 Å². The minimum atomic E-state index is -0.267. The summed E-state index contributed by atoms with van der Waals surface area (Å²) in [7, 11) is 0. The van der Waals surface area contributed by atoms with E-state index < -0.39 is 0 Å². The Labute approximate surface area is 160 Å². The molecule has 0 radical (unpaired) electrons. The first kappa shape index (κ1) is 20.3. The second-order valence-electron chi connectivity index (χ2n) is 7.33. The minimum absolute atomic E-state index is 0.0364. The number of amides is 1. The van der Waals surface area contributed by atoms with Crippen molar-refractivity contribution in [3.05, 3.63) is 24.3 Å². The molecule has 0 bridgehead atoms. The first-order chi connectivity index (χ1) is 12.0. The van der Waals surface area contributed by atoms with Crippen LogP contribution in [0.2, 0.25) is 0 Å². The maximum atomic E-state index is 13.2. The van der Waals surface area contributed by atoms with E-state index in [9.17, 15) is 9.59 Å². The van der Waals surface area contributed by atoms with Crippen molar-refractivity contribution in [3.8, 4) is 0 Å². The van der Waals surface area contributed by atoms with Crippen LogP contribution < -0.4 is 5.32 Å². The normalized spacial score (nSPS) is 16.6. The number of anilines is 1. The number of benzene rings is 1. The van der Waals surface area contributed by atoms with Gasteiger partial charge in [-0.05, 0) is 55.5 Å². The molecule has 1 aromatic rings. The summed E-state index contributed by atoms with van der Waals surface area (Å²) < 4.78 is 0. The van der Waals surface area contributed by atoms with Crippen LogP contribution in [0, 0.1) is 11.3 Å². The van der Waals surface area contributed by atoms with E-state index in [2.05, 4.69) is 19.2 Å². The van der Waals surface area contributed by atoms with Gasteiger partial charge in [-0.2, -0.15) is 0 Å². The lowest BCUT2D eigenvalue weighted by atomic mass is 9.69. The van der Waals surface area contributed by atoms with Crippen molar-refractivity contribution in [2.45, 2.75) is 63.7 Å². The molecule has 0 heterocycles. The van der Waals surface area contributed by atoms with Crippen molar-refractivity contribution in [2.75, 3.05) is 11.2 Å². The van der Waals surface area contributed by atoms with Gasteiger partial charge in [0.1, 0.15) is 0 Å². The van der Waals surface area contributed by atoms with Crippen molar-refractivity contribution in [1.82, 2.24) is 0 Å². The van der Waals surface area contributed by atoms with Crippen molar-refractivity contribution in [1.29, 1.82) is 0 Å². The standard InChI is InChI=1S/C20H28ClNO2S/c1-15(2)10-13-20(11-6-3-7-12-20)19(24)22-16-8-4-5-9-17(16)25-18(23)14-21/h4-5,8-9,15H,3,6-7,10-14H2,1-2H3,(H,22,24). The second-order valence-corrected chi connectivity index (χ2v) is 8.70. The zero-order chi connectivity index (χ0) is 18.3. The number of halogens is 1. The van der Waals surface area contributed by atoms with Crippen molar-refractivity contribution >= 4 is 40.1 Å². The van der Waals surface area contributed by atoms with Crippen molar-refractivity contribution in [3.63, 3.8) is 0 Å². The molecule has 2 rings (SSSR count). The molecule has 0 aromatic heterocycles. The summed E-state index contributed by atoms with van der Waals surface area (Å²) >= 11 is 6.71. The fourth-order valence-corrected chi connectivity index (χ4v) is 4.29. The molecule has 1 amide bonds. The zero-order valence-corrected chi connectivity index (χ0v) is 16.7. The summed E-state index contributed by atoms with van der Waals surface area (Å²) in [5.74, 6) is 0.667. The Morgan fingerprint density at radius 3 is 2.52 bits per heavy atom. The average Bonchev–Trinajstić information content (AvgIpc) is 2.62. The number of thioether (sulfide) groups is 1. The number of alkyl halides is 1. The lowest BCUT2D eigenvalue weighted by molar-refractivity contribution is -0.128. The van der Waals surface area contributed by atoms with Crippen LogP contribution in [0.5, 0.6) is 0 Å². The van der Waals surface area contributed by atoms with Gasteiger partial charge in [-0.15, -0.1) is 11.6 Å². The van der Waals surface area contributed by atoms with Crippen molar-refractivity contribution in [2.24, 2.45) is 11.3 Å². The van der Waals surface area contributed by atoms with E-state index in [1.165, 1.54) is 6.42 Å². The van der Waals surface area contributed by atoms with Crippen LogP contribution in [0.15, 0.2) is 29.2 Å². The number of carbonyl (C=O) groups is 2. The van der Waals surface area contributed by atoms with Gasteiger partial charge in [0.2, 0.25) is 11.0 Å². The molecule has 0 spiro atoms. The van der Waals surface area contributed by atoms with Gasteiger partial charge in [0.15, 0.2) is 0 Å². The monoisotopic (exact) mass is 381 g/mol. The predicted octanol–water partition coefficient (Wildman–Crippen LogP) is 5.87. The number of rotatable bonds is 7. The lowest BCUT2D eigenvalue weighted by Crippen LogP contribution is -2.38. The van der Waals surface area contributed by atoms with Gasteiger partial charge >= 0.3 is 0 Å². The third-order valence-electron chi connectivity index (χ3n) is 4.96. The molecule has 1 fully saturated rings. The number of hydrogen-bond donors (Lipinski definition) is 1. The van der Waals surface area contributed by atoms with E-state index in [1.807, 2.05) is 24.3 Å². The molecule has 1 aliphatic rings. The van der Waals surface area contributed by atoms with E-state index in [1.54, 1.807) is 0 Å². The highest BCUT2D eigenvalue weighted by molar-refractivity contribution is 8.14. The number of para-hydroxylation sites is 1. The van der Waals surface area contributed by atoms with Gasteiger partial charge in [0, 0.05) is 10.3 Å². The second kappa shape index (κ2) is 9.63. The van der Waals surface area contributed by atoms with Crippen LogP contribution in [0.3, 0.4) is 0 Å².